The molecule has 0 fully saturated rings. The fourth-order valence-electron chi connectivity index (χ4n) is 2.29. The second-order valence-corrected chi connectivity index (χ2v) is 8.65. The standard InChI is InChI=1S/C19H21ClN2O6S/c1-11(2)22-29(26,27)15-7-5-14(6-8-15)21-18(24)12(3)28-19(25)16-9-4-13(20)10-17(16)23/h4-12,22-23H,1-3H3,(H,21,24)/t12-/m1/s1. The van der Waals surface area contributed by atoms with Crippen LogP contribution >= 0.6 is 11.6 Å². The first kappa shape index (κ1) is 22.7. The number of phenols is 1. The Morgan fingerprint density at radius 3 is 2.24 bits per heavy atom. The molecule has 0 saturated heterocycles. The van der Waals surface area contributed by atoms with Crippen LogP contribution in [0.15, 0.2) is 47.4 Å². The fraction of sp³-hybridized carbons (Fsp3) is 0.263. The number of rotatable bonds is 7. The fourth-order valence-corrected chi connectivity index (χ4v) is 3.71. The van der Waals surface area contributed by atoms with E-state index >= 15 is 0 Å². The van der Waals surface area contributed by atoms with Gasteiger partial charge in [-0.1, -0.05) is 11.6 Å². The smallest absolute Gasteiger partial charge is 0.342 e. The molecule has 0 unspecified atom stereocenters. The number of aromatic hydroxyl groups is 1. The monoisotopic (exact) mass is 440 g/mol. The maximum Gasteiger partial charge on any atom is 0.342 e. The van der Waals surface area contributed by atoms with Gasteiger partial charge in [0, 0.05) is 16.8 Å². The minimum Gasteiger partial charge on any atom is -0.507 e. The van der Waals surface area contributed by atoms with E-state index in [0.29, 0.717) is 5.69 Å². The Morgan fingerprint density at radius 1 is 1.07 bits per heavy atom. The zero-order chi connectivity index (χ0) is 21.8. The predicted octanol–water partition coefficient (Wildman–Crippen LogP) is 2.92. The predicted molar refractivity (Wildman–Crippen MR) is 109 cm³/mol. The molecule has 0 spiro atoms. The molecule has 0 aromatic heterocycles. The van der Waals surface area contributed by atoms with Crippen LogP contribution in [0.1, 0.15) is 31.1 Å². The first-order valence-corrected chi connectivity index (χ1v) is 10.5. The Balaban J connectivity index is 2.01. The van der Waals surface area contributed by atoms with Crippen LogP contribution in [0.25, 0.3) is 0 Å². The van der Waals surface area contributed by atoms with Gasteiger partial charge >= 0.3 is 5.97 Å². The number of carbonyl (C=O) groups excluding carboxylic acids is 2. The number of anilines is 1. The molecule has 0 bridgehead atoms. The summed E-state index contributed by atoms with van der Waals surface area (Å²) in [5.41, 5.74) is 0.206. The van der Waals surface area contributed by atoms with E-state index in [1.807, 2.05) is 0 Å². The molecule has 0 saturated carbocycles. The Labute approximate surface area is 173 Å². The molecular weight excluding hydrogens is 420 g/mol. The van der Waals surface area contributed by atoms with E-state index in [-0.39, 0.29) is 27.3 Å². The minimum absolute atomic E-state index is 0.0573. The van der Waals surface area contributed by atoms with Crippen molar-refractivity contribution in [2.45, 2.75) is 37.8 Å². The van der Waals surface area contributed by atoms with Gasteiger partial charge in [0.1, 0.15) is 11.3 Å². The van der Waals surface area contributed by atoms with Crippen molar-refractivity contribution >= 4 is 39.2 Å². The molecule has 29 heavy (non-hydrogen) atoms. The van der Waals surface area contributed by atoms with Crippen LogP contribution in [-0.2, 0) is 19.6 Å². The number of benzene rings is 2. The van der Waals surface area contributed by atoms with Gasteiger partial charge in [0.15, 0.2) is 6.10 Å². The van der Waals surface area contributed by atoms with Crippen LogP contribution < -0.4 is 10.0 Å². The molecule has 8 nitrogen and oxygen atoms in total. The van der Waals surface area contributed by atoms with Crippen LogP contribution in [-0.4, -0.2) is 37.5 Å². The van der Waals surface area contributed by atoms with Gasteiger partial charge in [0.05, 0.1) is 4.90 Å². The highest BCUT2D eigenvalue weighted by molar-refractivity contribution is 7.89. The highest BCUT2D eigenvalue weighted by Crippen LogP contribution is 2.23. The molecule has 1 atom stereocenters. The van der Waals surface area contributed by atoms with E-state index in [0.717, 1.165) is 0 Å². The van der Waals surface area contributed by atoms with E-state index in [2.05, 4.69) is 10.0 Å². The van der Waals surface area contributed by atoms with Crippen molar-refractivity contribution in [2.75, 3.05) is 5.32 Å². The van der Waals surface area contributed by atoms with Crippen molar-refractivity contribution in [3.8, 4) is 5.75 Å². The first-order chi connectivity index (χ1) is 13.5. The Morgan fingerprint density at radius 2 is 1.69 bits per heavy atom. The van der Waals surface area contributed by atoms with Gasteiger partial charge in [-0.3, -0.25) is 4.79 Å². The number of hydrogen-bond acceptors (Lipinski definition) is 6. The zero-order valence-electron chi connectivity index (χ0n) is 16.0. The number of halogens is 1. The summed E-state index contributed by atoms with van der Waals surface area (Å²) in [5, 5.41) is 12.5. The van der Waals surface area contributed by atoms with Crippen molar-refractivity contribution < 1.29 is 27.9 Å². The second-order valence-electron chi connectivity index (χ2n) is 6.50. The van der Waals surface area contributed by atoms with E-state index in [1.165, 1.54) is 49.4 Å². The number of ether oxygens (including phenoxy) is 1. The quantitative estimate of drug-likeness (QED) is 0.569. The van der Waals surface area contributed by atoms with Crippen molar-refractivity contribution in [3.05, 3.63) is 53.1 Å². The number of sulfonamides is 1. The van der Waals surface area contributed by atoms with Crippen molar-refractivity contribution in [2.24, 2.45) is 0 Å². The van der Waals surface area contributed by atoms with Crippen LogP contribution in [0.4, 0.5) is 5.69 Å². The molecule has 0 aliphatic carbocycles. The normalized spacial score (nSPS) is 12.4. The van der Waals surface area contributed by atoms with E-state index in [9.17, 15) is 23.1 Å². The highest BCUT2D eigenvalue weighted by atomic mass is 35.5. The molecule has 2 aromatic carbocycles. The number of hydrogen-bond donors (Lipinski definition) is 3. The summed E-state index contributed by atoms with van der Waals surface area (Å²) < 4.78 is 31.7. The lowest BCUT2D eigenvalue weighted by Crippen LogP contribution is -2.30. The summed E-state index contributed by atoms with van der Waals surface area (Å²) in [6, 6.07) is 9.17. The van der Waals surface area contributed by atoms with Gasteiger partial charge in [-0.2, -0.15) is 0 Å². The van der Waals surface area contributed by atoms with Gasteiger partial charge in [-0.15, -0.1) is 0 Å². The largest absolute Gasteiger partial charge is 0.507 e. The lowest BCUT2D eigenvalue weighted by molar-refractivity contribution is -0.123. The summed E-state index contributed by atoms with van der Waals surface area (Å²) in [4.78, 5) is 24.4. The summed E-state index contributed by atoms with van der Waals surface area (Å²) >= 11 is 5.71. The first-order valence-electron chi connectivity index (χ1n) is 8.62. The molecule has 1 amide bonds. The average molecular weight is 441 g/mol. The summed E-state index contributed by atoms with van der Waals surface area (Å²) in [6.45, 7) is 4.78. The van der Waals surface area contributed by atoms with Gasteiger partial charge < -0.3 is 15.2 Å². The third-order valence-corrected chi connectivity index (χ3v) is 5.57. The Bertz CT molecular complexity index is 1010. The van der Waals surface area contributed by atoms with Gasteiger partial charge in [-0.25, -0.2) is 17.9 Å². The maximum atomic E-state index is 12.2. The molecule has 0 aliphatic rings. The van der Waals surface area contributed by atoms with Crippen molar-refractivity contribution in [3.63, 3.8) is 0 Å². The lowest BCUT2D eigenvalue weighted by Gasteiger charge is -2.14. The Kier molecular flexibility index (Phi) is 7.23. The van der Waals surface area contributed by atoms with Crippen LogP contribution in [0.2, 0.25) is 5.02 Å². The maximum absolute atomic E-state index is 12.2. The second kappa shape index (κ2) is 9.25. The van der Waals surface area contributed by atoms with E-state index in [1.54, 1.807) is 13.8 Å². The van der Waals surface area contributed by atoms with Crippen LogP contribution in [0, 0.1) is 0 Å². The average Bonchev–Trinajstić information content (AvgIpc) is 2.60. The summed E-state index contributed by atoms with van der Waals surface area (Å²) in [6.07, 6.45) is -1.16. The van der Waals surface area contributed by atoms with Crippen molar-refractivity contribution in [1.82, 2.24) is 4.72 Å². The summed E-state index contributed by atoms with van der Waals surface area (Å²) in [5.74, 6) is -1.87. The molecule has 0 aliphatic heterocycles. The van der Waals surface area contributed by atoms with E-state index in [4.69, 9.17) is 16.3 Å². The van der Waals surface area contributed by atoms with E-state index < -0.39 is 28.0 Å². The molecule has 2 rings (SSSR count). The van der Waals surface area contributed by atoms with Gasteiger partial charge in [0.2, 0.25) is 10.0 Å². The van der Waals surface area contributed by atoms with Gasteiger partial charge in [-0.05, 0) is 63.2 Å². The van der Waals surface area contributed by atoms with Crippen LogP contribution in [0.5, 0.6) is 5.75 Å². The number of amides is 1. The van der Waals surface area contributed by atoms with Crippen molar-refractivity contribution in [1.29, 1.82) is 0 Å². The molecule has 0 heterocycles. The van der Waals surface area contributed by atoms with Crippen LogP contribution in [0.3, 0.4) is 0 Å². The molecule has 10 heteroatoms. The summed E-state index contributed by atoms with van der Waals surface area (Å²) in [7, 11) is -3.64. The Hall–Kier alpha value is -2.62. The lowest BCUT2D eigenvalue weighted by atomic mass is 10.2. The number of phenolic OH excluding ortho intramolecular Hbond substituents is 1. The zero-order valence-corrected chi connectivity index (χ0v) is 17.5. The molecule has 3 N–H and O–H groups in total. The number of carbonyl (C=O) groups is 2. The SMILES string of the molecule is CC(C)NS(=O)(=O)c1ccc(NC(=O)[C@@H](C)OC(=O)c2ccc(Cl)cc2O)cc1. The highest BCUT2D eigenvalue weighted by Gasteiger charge is 2.21. The number of nitrogens with one attached hydrogen (secondary N) is 2. The third kappa shape index (κ3) is 6.18. The molecule has 0 radical (unpaired) electrons. The number of esters is 1. The molecule has 156 valence electrons. The molecule has 2 aromatic rings. The van der Waals surface area contributed by atoms with Gasteiger partial charge in [0.25, 0.3) is 5.91 Å². The minimum atomic E-state index is -3.64. The molecular formula is C19H21ClN2O6S. The third-order valence-electron chi connectivity index (χ3n) is 3.66. The topological polar surface area (TPSA) is 122 Å².